The van der Waals surface area contributed by atoms with Crippen LogP contribution < -0.4 is 10.2 Å². The van der Waals surface area contributed by atoms with Gasteiger partial charge in [-0.25, -0.2) is 9.18 Å². The van der Waals surface area contributed by atoms with E-state index in [1.807, 2.05) is 31.3 Å². The molecular formula is C23H25FN6O3. The number of anilines is 1. The number of H-pyrrole nitrogens is 1. The van der Waals surface area contributed by atoms with Crippen molar-refractivity contribution in [1.29, 1.82) is 0 Å². The molecule has 0 bridgehead atoms. The Hall–Kier alpha value is -3.79. The molecule has 33 heavy (non-hydrogen) atoms. The summed E-state index contributed by atoms with van der Waals surface area (Å²) in [6.45, 7) is 3.24. The van der Waals surface area contributed by atoms with Crippen LogP contribution in [0.25, 0.3) is 11.1 Å². The minimum atomic E-state index is -0.559. The number of carbonyl (C=O) groups excluding carboxylic acids is 2. The number of hydrogen-bond donors (Lipinski definition) is 2. The Morgan fingerprint density at radius 1 is 1.27 bits per heavy atom. The zero-order chi connectivity index (χ0) is 23.4. The van der Waals surface area contributed by atoms with E-state index in [2.05, 4.69) is 25.6 Å². The van der Waals surface area contributed by atoms with Crippen LogP contribution in [0.5, 0.6) is 0 Å². The molecule has 1 saturated heterocycles. The van der Waals surface area contributed by atoms with Crippen LogP contribution in [0, 0.1) is 5.82 Å². The SMILES string of the molecule is CC(=O)NC[C@H]1CN(c2ccc(-c3ccc(CN(C)Cc4cn[nH]n4)cc3)c(F)c2)C(=O)O1. The number of halogens is 1. The van der Waals surface area contributed by atoms with E-state index in [4.69, 9.17) is 4.74 Å². The van der Waals surface area contributed by atoms with Gasteiger partial charge in [0.25, 0.3) is 0 Å². The van der Waals surface area contributed by atoms with E-state index in [0.717, 1.165) is 16.8 Å². The number of cyclic esters (lactones) is 1. The maximum atomic E-state index is 14.9. The van der Waals surface area contributed by atoms with Gasteiger partial charge in [-0.15, -0.1) is 0 Å². The topological polar surface area (TPSA) is 103 Å². The predicted molar refractivity (Wildman–Crippen MR) is 120 cm³/mol. The molecule has 0 unspecified atom stereocenters. The third-order valence-electron chi connectivity index (χ3n) is 5.33. The Balaban J connectivity index is 1.40. The van der Waals surface area contributed by atoms with Crippen molar-refractivity contribution in [2.45, 2.75) is 26.1 Å². The first-order valence-corrected chi connectivity index (χ1v) is 10.5. The minimum Gasteiger partial charge on any atom is -0.442 e. The van der Waals surface area contributed by atoms with Crippen LogP contribution in [0.15, 0.2) is 48.7 Å². The van der Waals surface area contributed by atoms with Crippen molar-refractivity contribution in [1.82, 2.24) is 25.6 Å². The van der Waals surface area contributed by atoms with Crippen LogP contribution >= 0.6 is 0 Å². The van der Waals surface area contributed by atoms with Gasteiger partial charge in [-0.2, -0.15) is 15.4 Å². The highest BCUT2D eigenvalue weighted by atomic mass is 19.1. The number of nitrogens with zero attached hydrogens (tertiary/aromatic N) is 4. The molecule has 1 aliphatic rings. The predicted octanol–water partition coefficient (Wildman–Crippen LogP) is 2.70. The largest absolute Gasteiger partial charge is 0.442 e. The molecule has 1 fully saturated rings. The summed E-state index contributed by atoms with van der Waals surface area (Å²) < 4.78 is 20.2. The number of aromatic amines is 1. The standard InChI is InChI=1S/C23H25FN6O3/c1-15(31)25-11-20-14-30(23(32)33-20)19-7-8-21(22(24)9-19)17-5-3-16(4-6-17)12-29(2)13-18-10-26-28-27-18/h3-10,20H,11-14H2,1-2H3,(H,25,31)(H,26,27,28)/t20-/m0/s1. The van der Waals surface area contributed by atoms with Crippen molar-refractivity contribution in [3.05, 3.63) is 65.7 Å². The monoisotopic (exact) mass is 452 g/mol. The molecule has 0 spiro atoms. The Labute approximate surface area is 190 Å². The molecule has 2 N–H and O–H groups in total. The maximum absolute atomic E-state index is 14.9. The van der Waals surface area contributed by atoms with Gasteiger partial charge in [-0.3, -0.25) is 14.6 Å². The number of nitrogens with one attached hydrogen (secondary N) is 2. The molecule has 1 aromatic heterocycles. The zero-order valence-electron chi connectivity index (χ0n) is 18.4. The van der Waals surface area contributed by atoms with Gasteiger partial charge in [0.2, 0.25) is 5.91 Å². The molecule has 0 radical (unpaired) electrons. The number of ether oxygens (including phenoxy) is 1. The van der Waals surface area contributed by atoms with Gasteiger partial charge in [0.15, 0.2) is 0 Å². The fourth-order valence-corrected chi connectivity index (χ4v) is 3.74. The number of aromatic nitrogens is 3. The van der Waals surface area contributed by atoms with Gasteiger partial charge in [-0.1, -0.05) is 24.3 Å². The van der Waals surface area contributed by atoms with Crippen LogP contribution in [0.1, 0.15) is 18.2 Å². The number of carbonyl (C=O) groups is 2. The van der Waals surface area contributed by atoms with E-state index in [1.54, 1.807) is 18.3 Å². The summed E-state index contributed by atoms with van der Waals surface area (Å²) in [5, 5.41) is 13.1. The van der Waals surface area contributed by atoms with Gasteiger partial charge < -0.3 is 10.1 Å². The number of hydrogen-bond acceptors (Lipinski definition) is 6. The molecule has 0 aliphatic carbocycles. The van der Waals surface area contributed by atoms with Crippen LogP contribution in [-0.2, 0) is 22.6 Å². The lowest BCUT2D eigenvalue weighted by Crippen LogP contribution is -2.33. The summed E-state index contributed by atoms with van der Waals surface area (Å²) in [5.41, 5.74) is 3.56. The van der Waals surface area contributed by atoms with Gasteiger partial charge in [0, 0.05) is 25.6 Å². The summed E-state index contributed by atoms with van der Waals surface area (Å²) >= 11 is 0. The fraction of sp³-hybridized carbons (Fsp3) is 0.304. The Bertz CT molecular complexity index is 1120. The highest BCUT2D eigenvalue weighted by Gasteiger charge is 2.32. The first-order valence-electron chi connectivity index (χ1n) is 10.5. The van der Waals surface area contributed by atoms with Crippen molar-refractivity contribution < 1.29 is 18.7 Å². The third-order valence-corrected chi connectivity index (χ3v) is 5.33. The smallest absolute Gasteiger partial charge is 0.414 e. The average molecular weight is 452 g/mol. The van der Waals surface area contributed by atoms with Crippen molar-refractivity contribution in [2.24, 2.45) is 0 Å². The Morgan fingerprint density at radius 3 is 2.73 bits per heavy atom. The third kappa shape index (κ3) is 5.53. The summed E-state index contributed by atoms with van der Waals surface area (Å²) in [5.74, 6) is -0.631. The molecule has 9 nitrogen and oxygen atoms in total. The second-order valence-corrected chi connectivity index (χ2v) is 8.05. The van der Waals surface area contributed by atoms with Crippen LogP contribution in [0.4, 0.5) is 14.9 Å². The molecule has 2 aromatic carbocycles. The first-order chi connectivity index (χ1) is 15.9. The van der Waals surface area contributed by atoms with Crippen molar-refractivity contribution >= 4 is 17.7 Å². The second kappa shape index (κ2) is 9.78. The fourth-order valence-electron chi connectivity index (χ4n) is 3.74. The van der Waals surface area contributed by atoms with Gasteiger partial charge >= 0.3 is 6.09 Å². The molecule has 10 heteroatoms. The van der Waals surface area contributed by atoms with Crippen LogP contribution in [-0.4, -0.2) is 58.6 Å². The summed E-state index contributed by atoms with van der Waals surface area (Å²) in [7, 11) is 1.99. The molecule has 0 saturated carbocycles. The minimum absolute atomic E-state index is 0.201. The highest BCUT2D eigenvalue weighted by molar-refractivity contribution is 5.90. The number of benzene rings is 2. The van der Waals surface area contributed by atoms with E-state index < -0.39 is 18.0 Å². The molecule has 2 heterocycles. The number of rotatable bonds is 8. The van der Waals surface area contributed by atoms with Gasteiger partial charge in [-0.05, 0) is 36.4 Å². The van der Waals surface area contributed by atoms with E-state index >= 15 is 0 Å². The molecule has 172 valence electrons. The lowest BCUT2D eigenvalue weighted by molar-refractivity contribution is -0.119. The molecular weight excluding hydrogens is 427 g/mol. The van der Waals surface area contributed by atoms with Crippen molar-refractivity contribution in [3.63, 3.8) is 0 Å². The summed E-state index contributed by atoms with van der Waals surface area (Å²) in [4.78, 5) is 26.7. The number of amides is 2. The molecule has 4 rings (SSSR count). The van der Waals surface area contributed by atoms with Crippen molar-refractivity contribution in [2.75, 3.05) is 25.0 Å². The lowest BCUT2D eigenvalue weighted by Gasteiger charge is -2.16. The lowest BCUT2D eigenvalue weighted by atomic mass is 10.0. The highest BCUT2D eigenvalue weighted by Crippen LogP contribution is 2.29. The average Bonchev–Trinajstić information content (AvgIpc) is 3.42. The molecule has 1 atom stereocenters. The van der Waals surface area contributed by atoms with Gasteiger partial charge in [0.05, 0.1) is 30.7 Å². The van der Waals surface area contributed by atoms with E-state index in [-0.39, 0.29) is 19.0 Å². The van der Waals surface area contributed by atoms with Gasteiger partial charge in [0.1, 0.15) is 11.9 Å². The Morgan fingerprint density at radius 2 is 2.06 bits per heavy atom. The van der Waals surface area contributed by atoms with E-state index in [9.17, 15) is 14.0 Å². The maximum Gasteiger partial charge on any atom is 0.414 e. The van der Waals surface area contributed by atoms with E-state index in [1.165, 1.54) is 17.9 Å². The zero-order valence-corrected chi connectivity index (χ0v) is 18.4. The van der Waals surface area contributed by atoms with Crippen molar-refractivity contribution in [3.8, 4) is 11.1 Å². The first kappa shape index (κ1) is 22.4. The quantitative estimate of drug-likeness (QED) is 0.545. The normalized spacial score (nSPS) is 15.7. The Kier molecular flexibility index (Phi) is 6.64. The summed E-state index contributed by atoms with van der Waals surface area (Å²) in [6, 6.07) is 12.4. The second-order valence-electron chi connectivity index (χ2n) is 8.05. The van der Waals surface area contributed by atoms with Crippen LogP contribution in [0.3, 0.4) is 0 Å². The molecule has 1 aliphatic heterocycles. The van der Waals surface area contributed by atoms with Crippen LogP contribution in [0.2, 0.25) is 0 Å². The molecule has 3 aromatic rings. The molecule has 2 amide bonds. The summed E-state index contributed by atoms with van der Waals surface area (Å²) in [6.07, 6.45) is 0.660. The van der Waals surface area contributed by atoms with E-state index in [0.29, 0.717) is 24.3 Å².